The van der Waals surface area contributed by atoms with Crippen LogP contribution in [0.15, 0.2) is 128 Å². The molecule has 11 heteroatoms. The van der Waals surface area contributed by atoms with Crippen LogP contribution in [0, 0.1) is 5.92 Å². The SMILES string of the molecule is NCCC1CCC(n2cc(-c3ccc(Oc4ccccc4)cc3)c3c(N)nc(C4CCC(n5cc(-c6ccc(Oc7ccccc7)cc6)c6c(N)ncnc65)CC4)nc32)CC1. The molecule has 0 atom stereocenters. The summed E-state index contributed by atoms with van der Waals surface area (Å²) in [4.78, 5) is 19.7. The van der Waals surface area contributed by atoms with Crippen molar-refractivity contribution in [3.63, 3.8) is 0 Å². The minimum absolute atomic E-state index is 0.183. The lowest BCUT2D eigenvalue weighted by Gasteiger charge is -2.30. The van der Waals surface area contributed by atoms with Gasteiger partial charge >= 0.3 is 0 Å². The van der Waals surface area contributed by atoms with E-state index >= 15 is 0 Å². The highest BCUT2D eigenvalue weighted by atomic mass is 16.5. The molecule has 6 N–H and O–H groups in total. The predicted octanol–water partition coefficient (Wildman–Crippen LogP) is 11.2. The largest absolute Gasteiger partial charge is 0.457 e. The fraction of sp³-hybridized carbons (Fsp3) is 0.280. The topological polar surface area (TPSA) is 158 Å². The van der Waals surface area contributed by atoms with Crippen LogP contribution in [0.5, 0.6) is 23.0 Å². The van der Waals surface area contributed by atoms with Crippen molar-refractivity contribution in [1.82, 2.24) is 29.1 Å². The molecule has 0 radical (unpaired) electrons. The first-order valence-corrected chi connectivity index (χ1v) is 21.6. The number of anilines is 2. The number of rotatable bonds is 11. The Bertz CT molecular complexity index is 2750. The molecule has 0 saturated heterocycles. The Hall–Kier alpha value is -6.72. The molecule has 4 aromatic heterocycles. The summed E-state index contributed by atoms with van der Waals surface area (Å²) in [5.41, 5.74) is 25.5. The van der Waals surface area contributed by atoms with E-state index in [1.165, 1.54) is 12.8 Å². The number of ether oxygens (including phenoxy) is 2. The van der Waals surface area contributed by atoms with Crippen molar-refractivity contribution in [2.45, 2.75) is 75.8 Å². The molecule has 11 nitrogen and oxygen atoms in total. The zero-order valence-corrected chi connectivity index (χ0v) is 34.2. The van der Waals surface area contributed by atoms with Gasteiger partial charge in [0.05, 0.1) is 10.8 Å². The van der Waals surface area contributed by atoms with Gasteiger partial charge < -0.3 is 35.8 Å². The molecule has 308 valence electrons. The molecule has 61 heavy (non-hydrogen) atoms. The fourth-order valence-electron chi connectivity index (χ4n) is 9.69. The molecule has 0 spiro atoms. The second-order valence-electron chi connectivity index (χ2n) is 16.7. The molecule has 2 aliphatic carbocycles. The first-order chi connectivity index (χ1) is 30.0. The van der Waals surface area contributed by atoms with Crippen LogP contribution in [-0.4, -0.2) is 35.6 Å². The van der Waals surface area contributed by atoms with Crippen LogP contribution in [-0.2, 0) is 0 Å². The third kappa shape index (κ3) is 7.77. The Morgan fingerprint density at radius 2 is 1.02 bits per heavy atom. The van der Waals surface area contributed by atoms with Crippen molar-refractivity contribution < 1.29 is 9.47 Å². The van der Waals surface area contributed by atoms with Crippen LogP contribution >= 0.6 is 0 Å². The van der Waals surface area contributed by atoms with Crippen molar-refractivity contribution in [2.75, 3.05) is 18.0 Å². The summed E-state index contributed by atoms with van der Waals surface area (Å²) >= 11 is 0. The van der Waals surface area contributed by atoms with Crippen molar-refractivity contribution in [1.29, 1.82) is 0 Å². The van der Waals surface area contributed by atoms with Gasteiger partial charge in [-0.15, -0.1) is 0 Å². The zero-order chi connectivity index (χ0) is 41.3. The number of nitrogens with two attached hydrogens (primary N) is 3. The highest BCUT2D eigenvalue weighted by molar-refractivity contribution is 6.02. The monoisotopic (exact) mass is 809 g/mol. The standard InChI is InChI=1S/C50H51N9O2/c51-28-27-32-11-19-36(20-12-32)59-30-43(34-17-25-41(26-18-34)61-39-9-5-2-6-10-39)45-47(53)56-48(57-50(45)59)35-13-21-37(22-14-35)58-29-42(44-46(52)54-31-55-49(44)58)33-15-23-40(24-16-33)60-38-7-3-1-4-8-38/h1-10,15-18,23-26,29-32,35-37H,11-14,19-22,27-28,51H2,(H2,52,54,55)(H2,53,56,57). The maximum atomic E-state index is 7.00. The van der Waals surface area contributed by atoms with Crippen molar-refractivity contribution >= 4 is 33.7 Å². The Balaban J connectivity index is 0.921. The molecule has 2 saturated carbocycles. The van der Waals surface area contributed by atoms with Crippen LogP contribution in [0.2, 0.25) is 0 Å². The Kier molecular flexibility index (Phi) is 10.6. The summed E-state index contributed by atoms with van der Waals surface area (Å²) in [5.74, 6) is 5.85. The van der Waals surface area contributed by atoms with Gasteiger partial charge in [-0.25, -0.2) is 19.9 Å². The number of hydrogen-bond acceptors (Lipinski definition) is 9. The summed E-state index contributed by atoms with van der Waals surface area (Å²) in [5, 5.41) is 1.79. The summed E-state index contributed by atoms with van der Waals surface area (Å²) in [6.45, 7) is 0.744. The van der Waals surface area contributed by atoms with Crippen molar-refractivity contribution in [3.05, 3.63) is 134 Å². The first-order valence-electron chi connectivity index (χ1n) is 21.6. The summed E-state index contributed by atoms with van der Waals surface area (Å²) in [6, 6.07) is 36.6. The highest BCUT2D eigenvalue weighted by Crippen LogP contribution is 2.45. The minimum Gasteiger partial charge on any atom is -0.457 e. The number of aromatic nitrogens is 6. The molecule has 10 rings (SSSR count). The van der Waals surface area contributed by atoms with Crippen molar-refractivity contribution in [2.24, 2.45) is 11.7 Å². The van der Waals surface area contributed by atoms with Gasteiger partial charge in [-0.1, -0.05) is 60.7 Å². The normalized spacial score (nSPS) is 19.3. The molecular weight excluding hydrogens is 759 g/mol. The minimum atomic E-state index is 0.183. The van der Waals surface area contributed by atoms with Gasteiger partial charge in [-0.3, -0.25) is 0 Å². The Morgan fingerprint density at radius 3 is 1.56 bits per heavy atom. The molecule has 0 bridgehead atoms. The highest BCUT2D eigenvalue weighted by Gasteiger charge is 2.31. The molecule has 4 heterocycles. The van der Waals surface area contributed by atoms with E-state index in [2.05, 4.69) is 50.8 Å². The van der Waals surface area contributed by atoms with Crippen LogP contribution in [0.25, 0.3) is 44.3 Å². The van der Waals surface area contributed by atoms with Gasteiger partial charge in [0.25, 0.3) is 0 Å². The summed E-state index contributed by atoms with van der Waals surface area (Å²) < 4.78 is 16.9. The third-order valence-corrected chi connectivity index (χ3v) is 12.9. The molecule has 2 aliphatic rings. The zero-order valence-electron chi connectivity index (χ0n) is 34.2. The number of nitrogen functional groups attached to an aromatic ring is 2. The van der Waals surface area contributed by atoms with E-state index in [1.807, 2.05) is 84.9 Å². The Labute approximate surface area is 355 Å². The molecule has 0 amide bonds. The lowest BCUT2D eigenvalue weighted by atomic mass is 9.84. The number of fused-ring (bicyclic) bond motifs is 2. The maximum absolute atomic E-state index is 7.00. The van der Waals surface area contributed by atoms with Gasteiger partial charge in [0, 0.05) is 41.5 Å². The Morgan fingerprint density at radius 1 is 0.525 bits per heavy atom. The van der Waals surface area contributed by atoms with E-state index < -0.39 is 0 Å². The molecule has 0 aliphatic heterocycles. The van der Waals surface area contributed by atoms with Crippen LogP contribution in [0.3, 0.4) is 0 Å². The van der Waals surface area contributed by atoms with E-state index in [0.717, 1.165) is 125 Å². The van der Waals surface area contributed by atoms with E-state index in [1.54, 1.807) is 6.33 Å². The average Bonchev–Trinajstić information content (AvgIpc) is 3.89. The average molecular weight is 810 g/mol. The van der Waals surface area contributed by atoms with Gasteiger partial charge in [0.1, 0.15) is 58.1 Å². The van der Waals surface area contributed by atoms with Crippen molar-refractivity contribution in [3.8, 4) is 45.3 Å². The van der Waals surface area contributed by atoms with E-state index in [-0.39, 0.29) is 12.0 Å². The van der Waals surface area contributed by atoms with Gasteiger partial charge in [-0.05, 0) is 130 Å². The smallest absolute Gasteiger partial charge is 0.146 e. The number of para-hydroxylation sites is 2. The summed E-state index contributed by atoms with van der Waals surface area (Å²) in [6.07, 6.45) is 15.4. The first kappa shape index (κ1) is 38.5. The predicted molar refractivity (Wildman–Crippen MR) is 243 cm³/mol. The lowest BCUT2D eigenvalue weighted by molar-refractivity contribution is 0.269. The van der Waals surface area contributed by atoms with E-state index in [4.69, 9.17) is 41.6 Å². The van der Waals surface area contributed by atoms with E-state index in [9.17, 15) is 0 Å². The quantitative estimate of drug-likeness (QED) is 0.116. The number of nitrogens with zero attached hydrogens (tertiary/aromatic N) is 6. The number of hydrogen-bond donors (Lipinski definition) is 3. The fourth-order valence-corrected chi connectivity index (χ4v) is 9.69. The second-order valence-corrected chi connectivity index (χ2v) is 16.7. The molecule has 8 aromatic rings. The maximum Gasteiger partial charge on any atom is 0.146 e. The lowest BCUT2D eigenvalue weighted by Crippen LogP contribution is -2.21. The summed E-state index contributed by atoms with van der Waals surface area (Å²) in [7, 11) is 0. The second kappa shape index (κ2) is 16.7. The number of benzene rings is 4. The van der Waals surface area contributed by atoms with Crippen LogP contribution < -0.4 is 26.7 Å². The third-order valence-electron chi connectivity index (χ3n) is 12.9. The van der Waals surface area contributed by atoms with E-state index in [0.29, 0.717) is 23.6 Å². The molecular formula is C50H51N9O2. The van der Waals surface area contributed by atoms with Gasteiger partial charge in [0.2, 0.25) is 0 Å². The van der Waals surface area contributed by atoms with Gasteiger partial charge in [-0.2, -0.15) is 0 Å². The van der Waals surface area contributed by atoms with Gasteiger partial charge in [0.15, 0.2) is 0 Å². The van der Waals surface area contributed by atoms with Crippen LogP contribution in [0.4, 0.5) is 11.6 Å². The molecule has 0 unspecified atom stereocenters. The van der Waals surface area contributed by atoms with Crippen LogP contribution in [0.1, 0.15) is 81.6 Å². The molecule has 4 aromatic carbocycles. The molecule has 2 fully saturated rings.